The molecule has 0 unspecified atom stereocenters. The van der Waals surface area contributed by atoms with E-state index in [0.29, 0.717) is 11.4 Å². The number of carbonyl (C=O) groups is 1. The van der Waals surface area contributed by atoms with Gasteiger partial charge >= 0.3 is 6.09 Å². The first kappa shape index (κ1) is 15.1. The monoisotopic (exact) mass is 313 g/mol. The quantitative estimate of drug-likeness (QED) is 0.906. The molecule has 1 aromatic carbocycles. The van der Waals surface area contributed by atoms with Crippen molar-refractivity contribution in [2.75, 3.05) is 23.3 Å². The van der Waals surface area contributed by atoms with Crippen LogP contribution in [0.5, 0.6) is 5.75 Å². The van der Waals surface area contributed by atoms with Crippen molar-refractivity contribution >= 4 is 17.5 Å². The summed E-state index contributed by atoms with van der Waals surface area (Å²) >= 11 is 0. The predicted octanol–water partition coefficient (Wildman–Crippen LogP) is 3.22. The predicted molar refractivity (Wildman–Crippen MR) is 88.2 cm³/mol. The van der Waals surface area contributed by atoms with Crippen LogP contribution in [0.4, 0.5) is 16.2 Å². The van der Waals surface area contributed by atoms with Crippen molar-refractivity contribution in [3.05, 3.63) is 48.8 Å². The Morgan fingerprint density at radius 3 is 2.65 bits per heavy atom. The van der Waals surface area contributed by atoms with E-state index in [1.807, 2.05) is 18.2 Å². The average molecular weight is 313 g/mol. The van der Waals surface area contributed by atoms with Crippen molar-refractivity contribution in [3.63, 3.8) is 0 Å². The first-order chi connectivity index (χ1) is 11.2. The van der Waals surface area contributed by atoms with Crippen molar-refractivity contribution < 1.29 is 14.6 Å². The minimum absolute atomic E-state index is 0.146. The lowest BCUT2D eigenvalue weighted by Crippen LogP contribution is -2.38. The Labute approximate surface area is 134 Å². The van der Waals surface area contributed by atoms with Crippen molar-refractivity contribution in [3.8, 4) is 5.75 Å². The van der Waals surface area contributed by atoms with Gasteiger partial charge in [-0.1, -0.05) is 6.07 Å². The van der Waals surface area contributed by atoms with Gasteiger partial charge in [0.15, 0.2) is 0 Å². The number of anilines is 2. The zero-order valence-corrected chi connectivity index (χ0v) is 12.7. The van der Waals surface area contributed by atoms with Crippen LogP contribution in [0.25, 0.3) is 0 Å². The number of carboxylic acid groups (broad SMARTS) is 1. The number of rotatable bonds is 4. The Hall–Kier alpha value is -2.76. The van der Waals surface area contributed by atoms with Gasteiger partial charge in [0.2, 0.25) is 0 Å². The number of amides is 1. The zero-order chi connectivity index (χ0) is 16.1. The van der Waals surface area contributed by atoms with Crippen LogP contribution in [0.3, 0.4) is 0 Å². The van der Waals surface area contributed by atoms with E-state index in [0.717, 1.165) is 25.9 Å². The normalized spacial score (nSPS) is 15.2. The lowest BCUT2D eigenvalue weighted by atomic mass is 10.1. The van der Waals surface area contributed by atoms with E-state index in [1.165, 1.54) is 5.69 Å². The van der Waals surface area contributed by atoms with Gasteiger partial charge in [0.1, 0.15) is 11.9 Å². The highest BCUT2D eigenvalue weighted by Gasteiger charge is 2.20. The Morgan fingerprint density at radius 1 is 1.22 bits per heavy atom. The fourth-order valence-corrected chi connectivity index (χ4v) is 2.75. The molecule has 120 valence electrons. The van der Waals surface area contributed by atoms with Crippen molar-refractivity contribution in [1.29, 1.82) is 0 Å². The summed E-state index contributed by atoms with van der Waals surface area (Å²) in [7, 11) is 0. The van der Waals surface area contributed by atoms with Gasteiger partial charge in [-0.2, -0.15) is 0 Å². The van der Waals surface area contributed by atoms with E-state index in [-0.39, 0.29) is 6.10 Å². The maximum atomic E-state index is 10.7. The third-order valence-corrected chi connectivity index (χ3v) is 3.86. The second-order valence-corrected chi connectivity index (χ2v) is 5.47. The molecule has 23 heavy (non-hydrogen) atoms. The molecule has 6 heteroatoms. The van der Waals surface area contributed by atoms with Crippen LogP contribution in [0.1, 0.15) is 12.8 Å². The van der Waals surface area contributed by atoms with Crippen molar-refractivity contribution in [1.82, 2.24) is 4.98 Å². The molecule has 0 saturated carbocycles. The molecule has 2 N–H and O–H groups in total. The Balaban J connectivity index is 1.55. The van der Waals surface area contributed by atoms with Crippen LogP contribution in [-0.4, -0.2) is 35.4 Å². The van der Waals surface area contributed by atoms with Gasteiger partial charge in [0.05, 0.1) is 0 Å². The Morgan fingerprint density at radius 2 is 1.96 bits per heavy atom. The Kier molecular flexibility index (Phi) is 4.61. The van der Waals surface area contributed by atoms with Gasteiger partial charge in [0, 0.05) is 55.8 Å². The molecule has 3 rings (SSSR count). The van der Waals surface area contributed by atoms with E-state index in [1.54, 1.807) is 30.6 Å². The number of aromatic nitrogens is 1. The molecule has 1 fully saturated rings. The summed E-state index contributed by atoms with van der Waals surface area (Å²) < 4.78 is 5.99. The van der Waals surface area contributed by atoms with Crippen LogP contribution in [0.2, 0.25) is 0 Å². The highest BCUT2D eigenvalue weighted by molar-refractivity contribution is 5.83. The smallest absolute Gasteiger partial charge is 0.409 e. The molecule has 1 aromatic heterocycles. The summed E-state index contributed by atoms with van der Waals surface area (Å²) in [5.74, 6) is 0.693. The third-order valence-electron chi connectivity index (χ3n) is 3.86. The molecule has 1 aliphatic rings. The van der Waals surface area contributed by atoms with Gasteiger partial charge in [-0.15, -0.1) is 0 Å². The molecular formula is C17H19N3O3. The van der Waals surface area contributed by atoms with Crippen LogP contribution in [0, 0.1) is 0 Å². The van der Waals surface area contributed by atoms with Gasteiger partial charge < -0.3 is 14.7 Å². The molecular weight excluding hydrogens is 294 g/mol. The van der Waals surface area contributed by atoms with Gasteiger partial charge in [-0.05, 0) is 24.3 Å². The number of benzene rings is 1. The minimum atomic E-state index is -1.08. The van der Waals surface area contributed by atoms with Gasteiger partial charge in [0.25, 0.3) is 0 Å². The highest BCUT2D eigenvalue weighted by atomic mass is 16.5. The number of hydrogen-bond acceptors (Lipinski definition) is 4. The van der Waals surface area contributed by atoms with Crippen LogP contribution in [0.15, 0.2) is 48.8 Å². The Bertz CT molecular complexity index is 655. The van der Waals surface area contributed by atoms with Gasteiger partial charge in [-0.3, -0.25) is 10.3 Å². The second kappa shape index (κ2) is 7.00. The molecule has 0 bridgehead atoms. The largest absolute Gasteiger partial charge is 0.490 e. The summed E-state index contributed by atoms with van der Waals surface area (Å²) in [4.78, 5) is 17.0. The molecule has 2 aromatic rings. The fourth-order valence-electron chi connectivity index (χ4n) is 2.75. The van der Waals surface area contributed by atoms with Crippen LogP contribution in [-0.2, 0) is 0 Å². The van der Waals surface area contributed by atoms with Crippen LogP contribution < -0.4 is 15.0 Å². The zero-order valence-electron chi connectivity index (χ0n) is 12.7. The number of pyridine rings is 1. The molecule has 1 amide bonds. The van der Waals surface area contributed by atoms with E-state index in [2.05, 4.69) is 15.2 Å². The van der Waals surface area contributed by atoms with E-state index >= 15 is 0 Å². The number of hydrogen-bond donors (Lipinski definition) is 2. The average Bonchev–Trinajstić information content (AvgIpc) is 2.56. The molecule has 1 saturated heterocycles. The first-order valence-electron chi connectivity index (χ1n) is 7.62. The molecule has 0 aliphatic carbocycles. The maximum Gasteiger partial charge on any atom is 0.409 e. The summed E-state index contributed by atoms with van der Waals surface area (Å²) in [5.41, 5.74) is 1.70. The van der Waals surface area contributed by atoms with E-state index in [4.69, 9.17) is 9.84 Å². The van der Waals surface area contributed by atoms with Crippen molar-refractivity contribution in [2.24, 2.45) is 0 Å². The second-order valence-electron chi connectivity index (χ2n) is 5.47. The first-order valence-corrected chi connectivity index (χ1v) is 7.62. The van der Waals surface area contributed by atoms with Crippen LogP contribution >= 0.6 is 0 Å². The van der Waals surface area contributed by atoms with Gasteiger partial charge in [-0.25, -0.2) is 4.79 Å². The number of ether oxygens (including phenoxy) is 1. The lowest BCUT2D eigenvalue weighted by Gasteiger charge is -2.33. The molecule has 0 spiro atoms. The summed E-state index contributed by atoms with van der Waals surface area (Å²) in [6.45, 7) is 1.86. The molecule has 0 atom stereocenters. The molecule has 2 heterocycles. The van der Waals surface area contributed by atoms with E-state index in [9.17, 15) is 4.79 Å². The van der Waals surface area contributed by atoms with Crippen molar-refractivity contribution in [2.45, 2.75) is 18.9 Å². The maximum absolute atomic E-state index is 10.7. The summed E-state index contributed by atoms with van der Waals surface area (Å²) in [6, 6.07) is 11.1. The number of piperidine rings is 1. The van der Waals surface area contributed by atoms with E-state index < -0.39 is 6.09 Å². The lowest BCUT2D eigenvalue weighted by molar-refractivity contribution is 0.171. The standard InChI is InChI=1S/C17H19N3O3/c21-17(22)19-13-2-1-3-16(12-13)23-15-6-10-20(11-7-15)14-4-8-18-9-5-14/h1-5,8-9,12,15,19H,6-7,10-11H2,(H,21,22). The number of nitrogens with zero attached hydrogens (tertiary/aromatic N) is 2. The molecule has 6 nitrogen and oxygen atoms in total. The molecule has 1 aliphatic heterocycles. The molecule has 0 radical (unpaired) electrons. The topological polar surface area (TPSA) is 74.7 Å². The minimum Gasteiger partial charge on any atom is -0.490 e. The number of nitrogens with one attached hydrogen (secondary N) is 1. The summed E-state index contributed by atoms with van der Waals surface area (Å²) in [5, 5.41) is 11.1. The summed E-state index contributed by atoms with van der Waals surface area (Å²) in [6.07, 6.45) is 4.54. The SMILES string of the molecule is O=C(O)Nc1cccc(OC2CCN(c3ccncc3)CC2)c1. The highest BCUT2D eigenvalue weighted by Crippen LogP contribution is 2.24. The fraction of sp³-hybridized carbons (Fsp3) is 0.294. The third kappa shape index (κ3) is 4.12.